The molecule has 0 saturated heterocycles. The smallest absolute Gasteiger partial charge is 0.123 e. The zero-order chi connectivity index (χ0) is 13.7. The topological polar surface area (TPSA) is 12.0 Å². The van der Waals surface area contributed by atoms with Crippen molar-refractivity contribution in [2.24, 2.45) is 0 Å². The highest BCUT2D eigenvalue weighted by Gasteiger charge is 2.09. The molecule has 2 aromatic carbocycles. The Labute approximate surface area is 114 Å². The molecule has 0 aliphatic heterocycles. The van der Waals surface area contributed by atoms with E-state index in [2.05, 4.69) is 36.5 Å². The largest absolute Gasteiger partial charge is 0.316 e. The van der Waals surface area contributed by atoms with E-state index in [9.17, 15) is 4.39 Å². The zero-order valence-electron chi connectivity index (χ0n) is 11.5. The summed E-state index contributed by atoms with van der Waals surface area (Å²) in [6.45, 7) is 2.10. The molecule has 1 nitrogen and oxygen atoms in total. The molecule has 2 heteroatoms. The van der Waals surface area contributed by atoms with Crippen LogP contribution in [0.25, 0.3) is 0 Å². The van der Waals surface area contributed by atoms with Gasteiger partial charge in [0.15, 0.2) is 0 Å². The van der Waals surface area contributed by atoms with Gasteiger partial charge >= 0.3 is 0 Å². The second kappa shape index (κ2) is 6.48. The number of likely N-dealkylation sites (N-methyl/N-ethyl adjacent to an activating group) is 1. The minimum Gasteiger partial charge on any atom is -0.316 e. The summed E-state index contributed by atoms with van der Waals surface area (Å²) in [6.07, 6.45) is 1.79. The van der Waals surface area contributed by atoms with E-state index in [1.807, 2.05) is 13.1 Å². The lowest BCUT2D eigenvalue weighted by Crippen LogP contribution is -2.29. The Bertz CT molecular complexity index is 489. The number of hydrogen-bond acceptors (Lipinski definition) is 1. The van der Waals surface area contributed by atoms with E-state index < -0.39 is 0 Å². The van der Waals surface area contributed by atoms with Crippen molar-refractivity contribution < 1.29 is 4.39 Å². The maximum Gasteiger partial charge on any atom is 0.123 e. The Morgan fingerprint density at radius 2 is 1.63 bits per heavy atom. The van der Waals surface area contributed by atoms with Gasteiger partial charge in [0, 0.05) is 6.04 Å². The second-order valence-corrected chi connectivity index (χ2v) is 5.01. The molecule has 0 aliphatic rings. The number of aryl methyl sites for hydroxylation is 1. The van der Waals surface area contributed by atoms with Crippen LogP contribution in [0.1, 0.15) is 16.7 Å². The van der Waals surface area contributed by atoms with E-state index in [1.54, 1.807) is 12.1 Å². The first kappa shape index (κ1) is 13.8. The van der Waals surface area contributed by atoms with E-state index in [0.29, 0.717) is 6.04 Å². The quantitative estimate of drug-likeness (QED) is 0.864. The van der Waals surface area contributed by atoms with Crippen molar-refractivity contribution in [2.45, 2.75) is 25.8 Å². The molecule has 100 valence electrons. The predicted octanol–water partition coefficient (Wildman–Crippen LogP) is 3.51. The lowest BCUT2D eigenvalue weighted by molar-refractivity contribution is 0.553. The molecule has 1 N–H and O–H groups in total. The Hall–Kier alpha value is -1.67. The van der Waals surface area contributed by atoms with Gasteiger partial charge in [-0.05, 0) is 50.1 Å². The van der Waals surface area contributed by atoms with Crippen molar-refractivity contribution in [3.05, 3.63) is 71.0 Å². The lowest BCUT2D eigenvalue weighted by atomic mass is 9.98. The molecule has 1 unspecified atom stereocenters. The van der Waals surface area contributed by atoms with Crippen LogP contribution in [0.5, 0.6) is 0 Å². The van der Waals surface area contributed by atoms with Crippen LogP contribution in [-0.4, -0.2) is 13.1 Å². The van der Waals surface area contributed by atoms with Gasteiger partial charge in [0.25, 0.3) is 0 Å². The van der Waals surface area contributed by atoms with Gasteiger partial charge in [0.2, 0.25) is 0 Å². The number of rotatable bonds is 5. The minimum atomic E-state index is -0.164. The Balaban J connectivity index is 2.04. The molecule has 2 aromatic rings. The third-order valence-corrected chi connectivity index (χ3v) is 3.34. The van der Waals surface area contributed by atoms with E-state index in [0.717, 1.165) is 18.4 Å². The summed E-state index contributed by atoms with van der Waals surface area (Å²) >= 11 is 0. The average molecular weight is 257 g/mol. The summed E-state index contributed by atoms with van der Waals surface area (Å²) in [4.78, 5) is 0. The summed E-state index contributed by atoms with van der Waals surface area (Å²) in [5.41, 5.74) is 3.63. The van der Waals surface area contributed by atoms with Gasteiger partial charge in [-0.2, -0.15) is 0 Å². The minimum absolute atomic E-state index is 0.164. The average Bonchev–Trinajstić information content (AvgIpc) is 2.38. The summed E-state index contributed by atoms with van der Waals surface area (Å²) in [6, 6.07) is 15.7. The summed E-state index contributed by atoms with van der Waals surface area (Å²) in [5, 5.41) is 3.32. The fourth-order valence-corrected chi connectivity index (χ4v) is 2.35. The molecular formula is C17H20FN. The van der Waals surface area contributed by atoms with Crippen LogP contribution in [0.2, 0.25) is 0 Å². The highest BCUT2D eigenvalue weighted by molar-refractivity contribution is 5.24. The Morgan fingerprint density at radius 3 is 2.21 bits per heavy atom. The highest BCUT2D eigenvalue weighted by Crippen LogP contribution is 2.11. The summed E-state index contributed by atoms with van der Waals surface area (Å²) in [7, 11) is 1.96. The predicted molar refractivity (Wildman–Crippen MR) is 77.8 cm³/mol. The first-order valence-corrected chi connectivity index (χ1v) is 6.64. The molecule has 0 saturated carbocycles. The van der Waals surface area contributed by atoms with E-state index in [1.165, 1.54) is 17.2 Å². The summed E-state index contributed by atoms with van der Waals surface area (Å²) in [5.74, 6) is -0.164. The van der Waals surface area contributed by atoms with Crippen LogP contribution in [0.15, 0.2) is 48.5 Å². The van der Waals surface area contributed by atoms with Crippen molar-refractivity contribution in [3.63, 3.8) is 0 Å². The molecule has 1 atom stereocenters. The van der Waals surface area contributed by atoms with Gasteiger partial charge in [-0.15, -0.1) is 0 Å². The molecule has 0 bridgehead atoms. The maximum absolute atomic E-state index is 13.2. The maximum atomic E-state index is 13.2. The van der Waals surface area contributed by atoms with Gasteiger partial charge in [-0.3, -0.25) is 0 Å². The highest BCUT2D eigenvalue weighted by atomic mass is 19.1. The monoisotopic (exact) mass is 257 g/mol. The van der Waals surface area contributed by atoms with E-state index >= 15 is 0 Å². The van der Waals surface area contributed by atoms with Crippen LogP contribution in [-0.2, 0) is 12.8 Å². The molecule has 0 heterocycles. The van der Waals surface area contributed by atoms with Crippen molar-refractivity contribution in [3.8, 4) is 0 Å². The van der Waals surface area contributed by atoms with Crippen LogP contribution < -0.4 is 5.32 Å². The molecule has 19 heavy (non-hydrogen) atoms. The third-order valence-electron chi connectivity index (χ3n) is 3.34. The van der Waals surface area contributed by atoms with Gasteiger partial charge in [0.05, 0.1) is 0 Å². The van der Waals surface area contributed by atoms with E-state index in [-0.39, 0.29) is 5.82 Å². The van der Waals surface area contributed by atoms with Crippen LogP contribution >= 0.6 is 0 Å². The molecule has 0 radical (unpaired) electrons. The van der Waals surface area contributed by atoms with Gasteiger partial charge in [-0.1, -0.05) is 42.0 Å². The fourth-order valence-electron chi connectivity index (χ4n) is 2.35. The SMILES string of the molecule is CNC(Cc1cccc(C)c1)Cc1cccc(F)c1. The molecule has 0 spiro atoms. The lowest BCUT2D eigenvalue weighted by Gasteiger charge is -2.16. The zero-order valence-corrected chi connectivity index (χ0v) is 11.5. The standard InChI is InChI=1S/C17H20FN/c1-13-5-3-6-14(9-13)11-17(19-2)12-15-7-4-8-16(18)10-15/h3-10,17,19H,11-12H2,1-2H3. The first-order chi connectivity index (χ1) is 9.17. The van der Waals surface area contributed by atoms with Crippen molar-refractivity contribution >= 4 is 0 Å². The number of nitrogens with one attached hydrogen (secondary N) is 1. The molecule has 0 aliphatic carbocycles. The summed E-state index contributed by atoms with van der Waals surface area (Å²) < 4.78 is 13.2. The van der Waals surface area contributed by atoms with Gasteiger partial charge in [-0.25, -0.2) is 4.39 Å². The van der Waals surface area contributed by atoms with Crippen LogP contribution in [0.3, 0.4) is 0 Å². The first-order valence-electron chi connectivity index (χ1n) is 6.64. The Kier molecular flexibility index (Phi) is 4.69. The van der Waals surface area contributed by atoms with Crippen molar-refractivity contribution in [2.75, 3.05) is 7.05 Å². The molecule has 0 amide bonds. The fraction of sp³-hybridized carbons (Fsp3) is 0.294. The number of hydrogen-bond donors (Lipinski definition) is 1. The second-order valence-electron chi connectivity index (χ2n) is 5.01. The van der Waals surface area contributed by atoms with Gasteiger partial charge in [0.1, 0.15) is 5.82 Å². The van der Waals surface area contributed by atoms with Crippen molar-refractivity contribution in [1.82, 2.24) is 5.32 Å². The number of halogens is 1. The van der Waals surface area contributed by atoms with Crippen molar-refractivity contribution in [1.29, 1.82) is 0 Å². The van der Waals surface area contributed by atoms with E-state index in [4.69, 9.17) is 0 Å². The molecule has 0 aromatic heterocycles. The molecule has 0 fully saturated rings. The third kappa shape index (κ3) is 4.18. The Morgan fingerprint density at radius 1 is 1.00 bits per heavy atom. The normalized spacial score (nSPS) is 12.4. The molecule has 2 rings (SSSR count). The van der Waals surface area contributed by atoms with Gasteiger partial charge < -0.3 is 5.32 Å². The van der Waals surface area contributed by atoms with Crippen LogP contribution in [0.4, 0.5) is 4.39 Å². The van der Waals surface area contributed by atoms with Crippen LogP contribution in [0, 0.1) is 12.7 Å². The number of benzene rings is 2. The molecular weight excluding hydrogens is 237 g/mol.